The number of piperidine rings is 1. The number of fused-ring (bicyclic) bond motifs is 2. The second kappa shape index (κ2) is 11.3. The summed E-state index contributed by atoms with van der Waals surface area (Å²) in [6, 6.07) is 16.3. The SMILES string of the molecule is Cc1cc2nc(-c3ccc4nc(C)n(C5CCN(C)CC5)c4c3)sc2c(-c2ccc(Cl)cc2)c1[C@H](OC(C)(C)C)C(=O)O. The molecule has 0 amide bonds. The predicted molar refractivity (Wildman–Crippen MR) is 175 cm³/mol. The number of nitrogens with zero attached hydrogens (tertiary/aromatic N) is 4. The van der Waals surface area contributed by atoms with Crippen LogP contribution in [0.25, 0.3) is 42.9 Å². The van der Waals surface area contributed by atoms with Gasteiger partial charge in [0.15, 0.2) is 6.10 Å². The average Bonchev–Trinajstić information content (AvgIpc) is 3.51. The Morgan fingerprint density at radius 2 is 1.70 bits per heavy atom. The Balaban J connectivity index is 1.54. The number of aryl methyl sites for hydroxylation is 2. The van der Waals surface area contributed by atoms with E-state index in [0.29, 0.717) is 16.6 Å². The molecule has 0 unspecified atom stereocenters. The first-order valence-corrected chi connectivity index (χ1v) is 15.9. The van der Waals surface area contributed by atoms with Crippen molar-refractivity contribution in [2.24, 2.45) is 0 Å². The Hall–Kier alpha value is -3.30. The van der Waals surface area contributed by atoms with Crippen molar-refractivity contribution in [1.82, 2.24) is 19.4 Å². The minimum atomic E-state index is -1.15. The standard InChI is InChI=1S/C34H37ClN4O3S/c1-19-17-26-31(29(21-7-10-23(35)11-8-21)28(19)30(33(40)41)42-34(3,4)5)43-32(37-26)22-9-12-25-27(18-22)39(20(2)36-25)24-13-15-38(6)16-14-24/h7-12,17-18,24,30H,13-16H2,1-6H3,(H,40,41)/t30-/m0/s1. The van der Waals surface area contributed by atoms with Crippen molar-refractivity contribution >= 4 is 50.2 Å². The lowest BCUT2D eigenvalue weighted by molar-refractivity contribution is -0.160. The van der Waals surface area contributed by atoms with Crippen molar-refractivity contribution in [2.45, 2.75) is 65.2 Å². The van der Waals surface area contributed by atoms with Crippen molar-refractivity contribution in [3.05, 3.63) is 70.5 Å². The van der Waals surface area contributed by atoms with Crippen LogP contribution in [0.4, 0.5) is 0 Å². The number of carbonyl (C=O) groups is 1. The minimum Gasteiger partial charge on any atom is -0.479 e. The highest BCUT2D eigenvalue weighted by Gasteiger charge is 2.32. The first-order chi connectivity index (χ1) is 20.4. The van der Waals surface area contributed by atoms with Gasteiger partial charge in [-0.3, -0.25) is 0 Å². The van der Waals surface area contributed by atoms with Gasteiger partial charge in [-0.1, -0.05) is 23.7 Å². The Morgan fingerprint density at radius 3 is 2.35 bits per heavy atom. The highest BCUT2D eigenvalue weighted by molar-refractivity contribution is 7.22. The lowest BCUT2D eigenvalue weighted by Crippen LogP contribution is -2.31. The quantitative estimate of drug-likeness (QED) is 0.206. The van der Waals surface area contributed by atoms with Crippen LogP contribution in [0.2, 0.25) is 5.02 Å². The van der Waals surface area contributed by atoms with Gasteiger partial charge >= 0.3 is 5.97 Å². The van der Waals surface area contributed by atoms with E-state index >= 15 is 0 Å². The minimum absolute atomic E-state index is 0.421. The van der Waals surface area contributed by atoms with Crippen LogP contribution in [0.1, 0.15) is 62.7 Å². The molecular weight excluding hydrogens is 580 g/mol. The molecule has 1 N–H and O–H groups in total. The van der Waals surface area contributed by atoms with Crippen LogP contribution in [0, 0.1) is 13.8 Å². The maximum Gasteiger partial charge on any atom is 0.337 e. The van der Waals surface area contributed by atoms with E-state index in [9.17, 15) is 9.90 Å². The van der Waals surface area contributed by atoms with E-state index in [4.69, 9.17) is 26.3 Å². The van der Waals surface area contributed by atoms with Gasteiger partial charge in [0.05, 0.1) is 26.9 Å². The normalized spacial score (nSPS) is 15.9. The van der Waals surface area contributed by atoms with Crippen LogP contribution in [0.15, 0.2) is 48.5 Å². The first-order valence-electron chi connectivity index (χ1n) is 14.7. The highest BCUT2D eigenvalue weighted by Crippen LogP contribution is 2.45. The molecule has 6 rings (SSSR count). The number of aromatic nitrogens is 3. The summed E-state index contributed by atoms with van der Waals surface area (Å²) in [7, 11) is 2.18. The van der Waals surface area contributed by atoms with Crippen molar-refractivity contribution in [2.75, 3.05) is 20.1 Å². The van der Waals surface area contributed by atoms with Gasteiger partial charge < -0.3 is 19.3 Å². The number of halogens is 1. The lowest BCUT2D eigenvalue weighted by atomic mass is 9.91. The number of imidazole rings is 1. The number of aliphatic carboxylic acids is 1. The van der Waals surface area contributed by atoms with E-state index in [0.717, 1.165) is 80.3 Å². The number of hydrogen-bond donors (Lipinski definition) is 1. The van der Waals surface area contributed by atoms with Crippen LogP contribution in [0.5, 0.6) is 0 Å². The molecular formula is C34H37ClN4O3S. The van der Waals surface area contributed by atoms with Gasteiger partial charge in [0.25, 0.3) is 0 Å². The van der Waals surface area contributed by atoms with Crippen LogP contribution in [-0.4, -0.2) is 56.2 Å². The van der Waals surface area contributed by atoms with Gasteiger partial charge in [-0.15, -0.1) is 11.3 Å². The van der Waals surface area contributed by atoms with E-state index in [1.165, 1.54) is 0 Å². The topological polar surface area (TPSA) is 80.5 Å². The molecule has 0 spiro atoms. The lowest BCUT2D eigenvalue weighted by Gasteiger charge is -2.30. The predicted octanol–water partition coefficient (Wildman–Crippen LogP) is 8.46. The van der Waals surface area contributed by atoms with E-state index in [2.05, 4.69) is 41.6 Å². The smallest absolute Gasteiger partial charge is 0.337 e. The molecule has 0 aliphatic carbocycles. The fraction of sp³-hybridized carbons (Fsp3) is 0.382. The molecule has 0 saturated carbocycles. The first kappa shape index (κ1) is 29.8. The molecule has 43 heavy (non-hydrogen) atoms. The molecule has 224 valence electrons. The van der Waals surface area contributed by atoms with Crippen molar-refractivity contribution < 1.29 is 14.6 Å². The van der Waals surface area contributed by atoms with Crippen molar-refractivity contribution in [3.63, 3.8) is 0 Å². The number of ether oxygens (including phenoxy) is 1. The number of carboxylic acids is 1. The average molecular weight is 617 g/mol. The fourth-order valence-corrected chi connectivity index (χ4v) is 7.47. The molecule has 1 fully saturated rings. The van der Waals surface area contributed by atoms with E-state index in [1.54, 1.807) is 11.3 Å². The molecule has 0 radical (unpaired) electrons. The monoisotopic (exact) mass is 616 g/mol. The molecule has 1 aliphatic rings. The molecule has 0 bridgehead atoms. The van der Waals surface area contributed by atoms with Crippen molar-refractivity contribution in [1.29, 1.82) is 0 Å². The summed E-state index contributed by atoms with van der Waals surface area (Å²) in [5, 5.41) is 11.9. The summed E-state index contributed by atoms with van der Waals surface area (Å²) in [5.41, 5.74) is 6.45. The number of likely N-dealkylation sites (tertiary alicyclic amines) is 1. The van der Waals surface area contributed by atoms with Gasteiger partial charge in [0, 0.05) is 27.8 Å². The number of benzene rings is 3. The number of carboxylic acid groups (broad SMARTS) is 1. The summed E-state index contributed by atoms with van der Waals surface area (Å²) >= 11 is 7.83. The van der Waals surface area contributed by atoms with Crippen LogP contribution >= 0.6 is 22.9 Å². The van der Waals surface area contributed by atoms with Crippen LogP contribution in [0.3, 0.4) is 0 Å². The number of rotatable bonds is 6. The summed E-state index contributed by atoms with van der Waals surface area (Å²) in [5.74, 6) is 0.00942. The number of thiazole rings is 1. The van der Waals surface area contributed by atoms with Crippen LogP contribution < -0.4 is 0 Å². The van der Waals surface area contributed by atoms with E-state index in [1.807, 2.05) is 58.0 Å². The maximum atomic E-state index is 12.7. The molecule has 3 heterocycles. The number of hydrogen-bond acceptors (Lipinski definition) is 6. The van der Waals surface area contributed by atoms with Gasteiger partial charge in [0.2, 0.25) is 0 Å². The highest BCUT2D eigenvalue weighted by atomic mass is 35.5. The van der Waals surface area contributed by atoms with Gasteiger partial charge in [-0.05, 0) is 115 Å². The summed E-state index contributed by atoms with van der Waals surface area (Å²) in [6.07, 6.45) is 1.05. The summed E-state index contributed by atoms with van der Waals surface area (Å²) < 4.78 is 9.49. The molecule has 9 heteroatoms. The Labute approximate surface area is 261 Å². The Bertz CT molecular complexity index is 1830. The second-order valence-electron chi connectivity index (χ2n) is 12.6. The fourth-order valence-electron chi connectivity index (χ4n) is 6.22. The molecule has 5 aromatic rings. The third-order valence-corrected chi connectivity index (χ3v) is 9.57. The van der Waals surface area contributed by atoms with Gasteiger partial charge in [0.1, 0.15) is 10.8 Å². The Kier molecular flexibility index (Phi) is 7.84. The molecule has 1 aliphatic heterocycles. The van der Waals surface area contributed by atoms with Gasteiger partial charge in [-0.25, -0.2) is 14.8 Å². The second-order valence-corrected chi connectivity index (χ2v) is 14.0. The summed E-state index contributed by atoms with van der Waals surface area (Å²) in [4.78, 5) is 25.0. The molecule has 2 aromatic heterocycles. The maximum absolute atomic E-state index is 12.7. The van der Waals surface area contributed by atoms with Gasteiger partial charge in [-0.2, -0.15) is 0 Å². The Morgan fingerprint density at radius 1 is 1.02 bits per heavy atom. The molecule has 3 aromatic carbocycles. The molecule has 7 nitrogen and oxygen atoms in total. The largest absolute Gasteiger partial charge is 0.479 e. The third-order valence-electron chi connectivity index (χ3n) is 8.18. The molecule has 1 saturated heterocycles. The van der Waals surface area contributed by atoms with Crippen molar-refractivity contribution in [3.8, 4) is 21.7 Å². The zero-order valence-electron chi connectivity index (χ0n) is 25.4. The van der Waals surface area contributed by atoms with Crippen LogP contribution in [-0.2, 0) is 9.53 Å². The zero-order chi connectivity index (χ0) is 30.6. The van der Waals surface area contributed by atoms with E-state index in [-0.39, 0.29) is 0 Å². The summed E-state index contributed by atoms with van der Waals surface area (Å²) in [6.45, 7) is 11.8. The van der Waals surface area contributed by atoms with E-state index < -0.39 is 17.7 Å². The third kappa shape index (κ3) is 5.81. The zero-order valence-corrected chi connectivity index (χ0v) is 27.0. The molecule has 1 atom stereocenters.